The van der Waals surface area contributed by atoms with Crippen molar-refractivity contribution < 1.29 is 18.7 Å². The Morgan fingerprint density at radius 1 is 1.21 bits per heavy atom. The average Bonchev–Trinajstić information content (AvgIpc) is 2.95. The van der Waals surface area contributed by atoms with Crippen molar-refractivity contribution in [3.8, 4) is 11.5 Å². The van der Waals surface area contributed by atoms with Crippen LogP contribution < -0.4 is 14.8 Å². The number of nitrogens with zero attached hydrogens (tertiary/aromatic N) is 2. The molecule has 1 amide bonds. The van der Waals surface area contributed by atoms with Gasteiger partial charge in [0.2, 0.25) is 5.91 Å². The lowest BCUT2D eigenvalue weighted by Gasteiger charge is -2.11. The molecular weight excluding hydrogens is 313 g/mol. The van der Waals surface area contributed by atoms with E-state index in [2.05, 4.69) is 10.3 Å². The molecule has 2 heterocycles. The third-order valence-corrected chi connectivity index (χ3v) is 3.49. The predicted molar refractivity (Wildman–Crippen MR) is 87.0 cm³/mol. The van der Waals surface area contributed by atoms with Crippen LogP contribution in [0.2, 0.25) is 0 Å². The van der Waals surface area contributed by atoms with Gasteiger partial charge >= 0.3 is 0 Å². The van der Waals surface area contributed by atoms with Crippen LogP contribution in [0.5, 0.6) is 11.5 Å². The number of halogens is 1. The fourth-order valence-corrected chi connectivity index (χ4v) is 2.37. The molecule has 0 atom stereocenters. The lowest BCUT2D eigenvalue weighted by Crippen LogP contribution is -2.15. The second-order valence-electron chi connectivity index (χ2n) is 5.14. The minimum atomic E-state index is -0.364. The van der Waals surface area contributed by atoms with E-state index in [9.17, 15) is 9.18 Å². The van der Waals surface area contributed by atoms with Gasteiger partial charge in [0.25, 0.3) is 0 Å². The average molecular weight is 329 g/mol. The van der Waals surface area contributed by atoms with Crippen LogP contribution >= 0.6 is 0 Å². The number of aromatic nitrogens is 2. The Kier molecular flexibility index (Phi) is 4.33. The minimum Gasteiger partial charge on any atom is -0.497 e. The Bertz CT molecular complexity index is 892. The molecular formula is C17H16FN3O3. The van der Waals surface area contributed by atoms with Crippen LogP contribution in [-0.2, 0) is 11.2 Å². The van der Waals surface area contributed by atoms with Crippen molar-refractivity contribution in [2.45, 2.75) is 6.42 Å². The van der Waals surface area contributed by atoms with Gasteiger partial charge in [-0.1, -0.05) is 0 Å². The van der Waals surface area contributed by atoms with Gasteiger partial charge in [0.05, 0.1) is 32.0 Å². The van der Waals surface area contributed by atoms with E-state index in [1.54, 1.807) is 42.0 Å². The number of fused-ring (bicyclic) bond motifs is 1. The summed E-state index contributed by atoms with van der Waals surface area (Å²) in [6, 6.07) is 8.01. The highest BCUT2D eigenvalue weighted by Gasteiger charge is 2.12. The van der Waals surface area contributed by atoms with Crippen molar-refractivity contribution in [1.29, 1.82) is 0 Å². The number of methoxy groups -OCH3 is 2. The zero-order valence-corrected chi connectivity index (χ0v) is 13.2. The second kappa shape index (κ2) is 6.57. The molecule has 0 unspecified atom stereocenters. The lowest BCUT2D eigenvalue weighted by molar-refractivity contribution is -0.115. The Hall–Kier alpha value is -3.09. The molecule has 3 rings (SSSR count). The maximum absolute atomic E-state index is 13.2. The first-order valence-electron chi connectivity index (χ1n) is 7.24. The van der Waals surface area contributed by atoms with E-state index >= 15 is 0 Å². The molecule has 124 valence electrons. The molecule has 0 saturated carbocycles. The van der Waals surface area contributed by atoms with E-state index in [1.807, 2.05) is 0 Å². The van der Waals surface area contributed by atoms with E-state index in [0.717, 1.165) is 0 Å². The van der Waals surface area contributed by atoms with Gasteiger partial charge in [0.15, 0.2) is 0 Å². The Morgan fingerprint density at radius 2 is 2.04 bits per heavy atom. The number of benzene rings is 1. The van der Waals surface area contributed by atoms with Crippen molar-refractivity contribution in [3.05, 3.63) is 54.2 Å². The van der Waals surface area contributed by atoms with E-state index in [4.69, 9.17) is 9.47 Å². The normalized spacial score (nSPS) is 10.6. The molecule has 0 saturated heterocycles. The zero-order valence-electron chi connectivity index (χ0n) is 13.2. The molecule has 24 heavy (non-hydrogen) atoms. The van der Waals surface area contributed by atoms with Crippen LogP contribution in [0.15, 0.2) is 42.7 Å². The summed E-state index contributed by atoms with van der Waals surface area (Å²) >= 11 is 0. The fourth-order valence-electron chi connectivity index (χ4n) is 2.37. The van der Waals surface area contributed by atoms with Crippen LogP contribution in [-0.4, -0.2) is 29.5 Å². The van der Waals surface area contributed by atoms with Gasteiger partial charge in [0.1, 0.15) is 23.0 Å². The highest BCUT2D eigenvalue weighted by atomic mass is 19.1. The van der Waals surface area contributed by atoms with Crippen LogP contribution in [0.4, 0.5) is 10.1 Å². The number of pyridine rings is 1. The van der Waals surface area contributed by atoms with E-state index in [-0.39, 0.29) is 18.1 Å². The van der Waals surface area contributed by atoms with Crippen molar-refractivity contribution in [1.82, 2.24) is 9.38 Å². The third kappa shape index (κ3) is 3.29. The van der Waals surface area contributed by atoms with Crippen molar-refractivity contribution in [3.63, 3.8) is 0 Å². The monoisotopic (exact) mass is 329 g/mol. The molecule has 0 aliphatic carbocycles. The molecule has 0 bridgehead atoms. The third-order valence-electron chi connectivity index (χ3n) is 3.49. The number of hydrogen-bond acceptors (Lipinski definition) is 4. The van der Waals surface area contributed by atoms with Gasteiger partial charge in [-0.2, -0.15) is 0 Å². The maximum atomic E-state index is 13.2. The maximum Gasteiger partial charge on any atom is 0.230 e. The van der Waals surface area contributed by atoms with E-state index in [1.165, 1.54) is 19.4 Å². The first-order chi connectivity index (χ1) is 11.6. The predicted octanol–water partition coefficient (Wildman–Crippen LogP) is 2.67. The number of carbonyl (C=O) groups is 1. The summed E-state index contributed by atoms with van der Waals surface area (Å²) in [5.74, 6) is 0.512. The summed E-state index contributed by atoms with van der Waals surface area (Å²) in [7, 11) is 3.07. The van der Waals surface area contributed by atoms with E-state index in [0.29, 0.717) is 28.5 Å². The Labute approximate surface area is 137 Å². The minimum absolute atomic E-state index is 0.0592. The number of hydrogen-bond donors (Lipinski definition) is 1. The standard InChI is InChI=1S/C17H16FN3O3/c1-23-13-4-5-15(24-2)14(8-13)20-17(22)7-12-10-21-9-11(18)3-6-16(21)19-12/h3-6,8-10H,7H2,1-2H3,(H,20,22). The number of anilines is 1. The summed E-state index contributed by atoms with van der Waals surface area (Å²) in [6.07, 6.45) is 3.00. The molecule has 2 aromatic heterocycles. The number of carbonyl (C=O) groups excluding carboxylic acids is 1. The first-order valence-corrected chi connectivity index (χ1v) is 7.24. The molecule has 0 radical (unpaired) electrons. The van der Waals surface area contributed by atoms with Crippen molar-refractivity contribution in [2.75, 3.05) is 19.5 Å². The first kappa shape index (κ1) is 15.8. The smallest absolute Gasteiger partial charge is 0.230 e. The summed E-state index contributed by atoms with van der Waals surface area (Å²) in [5, 5.41) is 2.77. The molecule has 0 spiro atoms. The number of ether oxygens (including phenoxy) is 2. The van der Waals surface area contributed by atoms with Crippen LogP contribution in [0.25, 0.3) is 5.65 Å². The largest absolute Gasteiger partial charge is 0.497 e. The van der Waals surface area contributed by atoms with Gasteiger partial charge in [-0.15, -0.1) is 0 Å². The number of rotatable bonds is 5. The summed E-state index contributed by atoms with van der Waals surface area (Å²) < 4.78 is 25.1. The fraction of sp³-hybridized carbons (Fsp3) is 0.176. The molecule has 6 nitrogen and oxygen atoms in total. The number of amides is 1. The summed E-state index contributed by atoms with van der Waals surface area (Å²) in [6.45, 7) is 0. The molecule has 7 heteroatoms. The molecule has 3 aromatic rings. The molecule has 1 aromatic carbocycles. The van der Waals surface area contributed by atoms with Crippen LogP contribution in [0, 0.1) is 5.82 Å². The quantitative estimate of drug-likeness (QED) is 0.781. The van der Waals surface area contributed by atoms with Crippen molar-refractivity contribution >= 4 is 17.2 Å². The lowest BCUT2D eigenvalue weighted by atomic mass is 10.2. The van der Waals surface area contributed by atoms with Gasteiger partial charge in [-0.05, 0) is 24.3 Å². The Balaban J connectivity index is 1.77. The van der Waals surface area contributed by atoms with Crippen LogP contribution in [0.1, 0.15) is 5.69 Å². The number of imidazole rings is 1. The van der Waals surface area contributed by atoms with Crippen molar-refractivity contribution in [2.24, 2.45) is 0 Å². The van der Waals surface area contributed by atoms with Gasteiger partial charge in [-0.3, -0.25) is 4.79 Å². The topological polar surface area (TPSA) is 64.9 Å². The summed E-state index contributed by atoms with van der Waals surface area (Å²) in [5.41, 5.74) is 1.63. The van der Waals surface area contributed by atoms with Gasteiger partial charge < -0.3 is 19.2 Å². The van der Waals surface area contributed by atoms with E-state index < -0.39 is 0 Å². The van der Waals surface area contributed by atoms with Gasteiger partial charge in [-0.25, -0.2) is 9.37 Å². The highest BCUT2D eigenvalue weighted by Crippen LogP contribution is 2.28. The van der Waals surface area contributed by atoms with Crippen LogP contribution in [0.3, 0.4) is 0 Å². The second-order valence-corrected chi connectivity index (χ2v) is 5.14. The molecule has 1 N–H and O–H groups in total. The van der Waals surface area contributed by atoms with Gasteiger partial charge in [0, 0.05) is 18.5 Å². The SMILES string of the molecule is COc1ccc(OC)c(NC(=O)Cc2cn3cc(F)ccc3n2)c1. The number of nitrogens with one attached hydrogen (secondary N) is 1. The Morgan fingerprint density at radius 3 is 2.79 bits per heavy atom. The molecule has 0 aliphatic rings. The molecule has 0 fully saturated rings. The highest BCUT2D eigenvalue weighted by molar-refractivity contribution is 5.93. The summed E-state index contributed by atoms with van der Waals surface area (Å²) in [4.78, 5) is 16.6. The molecule has 0 aliphatic heterocycles. The zero-order chi connectivity index (χ0) is 17.1.